The fourth-order valence-corrected chi connectivity index (χ4v) is 3.19. The van der Waals surface area contributed by atoms with Crippen molar-refractivity contribution in [3.63, 3.8) is 0 Å². The predicted molar refractivity (Wildman–Crippen MR) is 96.6 cm³/mol. The monoisotopic (exact) mass is 380 g/mol. The molecule has 1 saturated carbocycles. The largest absolute Gasteiger partial charge is 0.484 e. The summed E-state index contributed by atoms with van der Waals surface area (Å²) >= 11 is 3.37. The van der Waals surface area contributed by atoms with Crippen LogP contribution in [0.5, 0.6) is 5.75 Å². The van der Waals surface area contributed by atoms with Gasteiger partial charge in [-0.25, -0.2) is 5.43 Å². The topological polar surface area (TPSA) is 50.7 Å². The smallest absolute Gasteiger partial charge is 0.277 e. The van der Waals surface area contributed by atoms with Crippen LogP contribution in [0.15, 0.2) is 33.8 Å². The van der Waals surface area contributed by atoms with Gasteiger partial charge in [-0.1, -0.05) is 42.8 Å². The molecule has 0 aromatic heterocycles. The Morgan fingerprint density at radius 3 is 2.65 bits per heavy atom. The van der Waals surface area contributed by atoms with Crippen molar-refractivity contribution in [3.8, 4) is 5.75 Å². The molecule has 1 aliphatic carbocycles. The molecule has 0 atom stereocenters. The number of hydrogen-bond donors (Lipinski definition) is 1. The number of halogens is 1. The highest BCUT2D eigenvalue weighted by Crippen LogP contribution is 2.36. The molecule has 1 N–H and O–H groups in total. The summed E-state index contributed by atoms with van der Waals surface area (Å²) in [6, 6.07) is 7.42. The van der Waals surface area contributed by atoms with E-state index in [1.54, 1.807) is 0 Å². The van der Waals surface area contributed by atoms with E-state index in [1.807, 2.05) is 24.3 Å². The molecule has 1 aliphatic rings. The molecule has 0 radical (unpaired) electrons. The van der Waals surface area contributed by atoms with Crippen LogP contribution in [-0.4, -0.2) is 18.2 Å². The molecule has 4 nitrogen and oxygen atoms in total. The van der Waals surface area contributed by atoms with Crippen LogP contribution in [0.2, 0.25) is 0 Å². The summed E-state index contributed by atoms with van der Waals surface area (Å²) in [5.41, 5.74) is 4.04. The second-order valence-corrected chi connectivity index (χ2v) is 8.02. The number of nitrogens with one attached hydrogen (secondary N) is 1. The Labute approximate surface area is 146 Å². The van der Waals surface area contributed by atoms with E-state index in [0.717, 1.165) is 41.8 Å². The first-order chi connectivity index (χ1) is 10.8. The van der Waals surface area contributed by atoms with Crippen LogP contribution in [0.1, 0.15) is 46.5 Å². The summed E-state index contributed by atoms with van der Waals surface area (Å²) in [5, 5.41) is 4.26. The van der Waals surface area contributed by atoms with Crippen LogP contribution in [-0.2, 0) is 4.79 Å². The summed E-state index contributed by atoms with van der Waals surface area (Å²) < 4.78 is 6.36. The number of benzene rings is 1. The van der Waals surface area contributed by atoms with Gasteiger partial charge in [-0.3, -0.25) is 4.79 Å². The lowest BCUT2D eigenvalue weighted by Gasteiger charge is -2.34. The molecule has 0 bridgehead atoms. The molecule has 1 aromatic carbocycles. The van der Waals surface area contributed by atoms with Crippen LogP contribution in [0.25, 0.3) is 0 Å². The normalized spacial score (nSPS) is 18.4. The van der Waals surface area contributed by atoms with E-state index in [9.17, 15) is 4.79 Å². The van der Waals surface area contributed by atoms with E-state index < -0.39 is 0 Å². The standard InChI is InChI=1S/C18H25BrN2O2/c1-18(2,3)13-7-9-15(10-8-13)20-21-17(22)12-23-16-6-4-5-14(19)11-16/h4-6,11,13H,7-10,12H2,1-3H3,(H,21,22). The first-order valence-electron chi connectivity index (χ1n) is 8.07. The molecule has 1 amide bonds. The van der Waals surface area contributed by atoms with E-state index in [4.69, 9.17) is 4.74 Å². The molecule has 1 aromatic rings. The van der Waals surface area contributed by atoms with E-state index in [1.165, 1.54) is 0 Å². The number of nitrogens with zero attached hydrogens (tertiary/aromatic N) is 1. The third-order valence-electron chi connectivity index (χ3n) is 4.29. The molecule has 0 unspecified atom stereocenters. The van der Waals surface area contributed by atoms with Crippen LogP contribution < -0.4 is 10.2 Å². The number of hydrogen-bond acceptors (Lipinski definition) is 3. The summed E-state index contributed by atoms with van der Waals surface area (Å²) in [6.45, 7) is 6.85. The lowest BCUT2D eigenvalue weighted by molar-refractivity contribution is -0.123. The SMILES string of the molecule is CC(C)(C)C1CCC(=NNC(=O)COc2cccc(Br)c2)CC1. The lowest BCUT2D eigenvalue weighted by Crippen LogP contribution is -2.29. The van der Waals surface area contributed by atoms with E-state index in [2.05, 4.69) is 47.2 Å². The second-order valence-electron chi connectivity index (χ2n) is 7.10. The van der Waals surface area contributed by atoms with Crippen molar-refractivity contribution in [1.29, 1.82) is 0 Å². The Balaban J connectivity index is 1.74. The number of carbonyl (C=O) groups excluding carboxylic acids is 1. The molecule has 2 rings (SSSR count). The second kappa shape index (κ2) is 7.95. The first kappa shape index (κ1) is 18.0. The van der Waals surface area contributed by atoms with Crippen molar-refractivity contribution in [2.75, 3.05) is 6.61 Å². The molecule has 0 aliphatic heterocycles. The zero-order chi connectivity index (χ0) is 16.9. The van der Waals surface area contributed by atoms with Crippen molar-refractivity contribution in [2.24, 2.45) is 16.4 Å². The fraction of sp³-hybridized carbons (Fsp3) is 0.556. The predicted octanol–water partition coefficient (Wildman–Crippen LogP) is 4.54. The summed E-state index contributed by atoms with van der Waals surface area (Å²) in [5.74, 6) is 1.17. The minimum Gasteiger partial charge on any atom is -0.484 e. The zero-order valence-corrected chi connectivity index (χ0v) is 15.6. The minimum atomic E-state index is -0.226. The van der Waals surface area contributed by atoms with Gasteiger partial charge in [0.2, 0.25) is 0 Å². The van der Waals surface area contributed by atoms with Crippen LogP contribution >= 0.6 is 15.9 Å². The maximum absolute atomic E-state index is 11.8. The van der Waals surface area contributed by atoms with Crippen molar-refractivity contribution in [1.82, 2.24) is 5.43 Å². The van der Waals surface area contributed by atoms with Crippen molar-refractivity contribution in [2.45, 2.75) is 46.5 Å². The van der Waals surface area contributed by atoms with Crippen molar-refractivity contribution >= 4 is 27.5 Å². The maximum Gasteiger partial charge on any atom is 0.277 e. The van der Waals surface area contributed by atoms with E-state index >= 15 is 0 Å². The van der Waals surface area contributed by atoms with Crippen molar-refractivity contribution < 1.29 is 9.53 Å². The van der Waals surface area contributed by atoms with Crippen LogP contribution in [0.4, 0.5) is 0 Å². The molecule has 0 spiro atoms. The Morgan fingerprint density at radius 1 is 1.35 bits per heavy atom. The number of carbonyl (C=O) groups is 1. The van der Waals surface area contributed by atoms with Gasteiger partial charge in [-0.15, -0.1) is 0 Å². The highest BCUT2D eigenvalue weighted by molar-refractivity contribution is 9.10. The number of ether oxygens (including phenoxy) is 1. The maximum atomic E-state index is 11.8. The minimum absolute atomic E-state index is 0.0299. The van der Waals surface area contributed by atoms with Gasteiger partial charge in [0.1, 0.15) is 5.75 Å². The molecule has 5 heteroatoms. The van der Waals surface area contributed by atoms with Gasteiger partial charge >= 0.3 is 0 Å². The third-order valence-corrected chi connectivity index (χ3v) is 4.79. The Bertz CT molecular complexity index is 569. The van der Waals surface area contributed by atoms with Gasteiger partial charge in [-0.2, -0.15) is 5.10 Å². The highest BCUT2D eigenvalue weighted by atomic mass is 79.9. The quantitative estimate of drug-likeness (QED) is 0.779. The molecular weight excluding hydrogens is 356 g/mol. The highest BCUT2D eigenvalue weighted by Gasteiger charge is 2.28. The fourth-order valence-electron chi connectivity index (χ4n) is 2.81. The number of rotatable bonds is 4. The van der Waals surface area contributed by atoms with Gasteiger partial charge in [-0.05, 0) is 55.2 Å². The Kier molecular flexibility index (Phi) is 6.22. The summed E-state index contributed by atoms with van der Waals surface area (Å²) in [4.78, 5) is 11.8. The molecule has 0 heterocycles. The van der Waals surface area contributed by atoms with Gasteiger partial charge in [0.15, 0.2) is 6.61 Å². The number of amides is 1. The third kappa shape index (κ3) is 5.98. The Morgan fingerprint density at radius 2 is 2.04 bits per heavy atom. The van der Waals surface area contributed by atoms with Gasteiger partial charge in [0.25, 0.3) is 5.91 Å². The summed E-state index contributed by atoms with van der Waals surface area (Å²) in [6.07, 6.45) is 4.23. The average molecular weight is 381 g/mol. The van der Waals surface area contributed by atoms with E-state index in [-0.39, 0.29) is 12.5 Å². The van der Waals surface area contributed by atoms with Crippen LogP contribution in [0.3, 0.4) is 0 Å². The molecule has 23 heavy (non-hydrogen) atoms. The van der Waals surface area contributed by atoms with Gasteiger partial charge in [0.05, 0.1) is 0 Å². The van der Waals surface area contributed by atoms with Crippen LogP contribution in [0, 0.1) is 11.3 Å². The van der Waals surface area contributed by atoms with Gasteiger partial charge in [0, 0.05) is 10.2 Å². The lowest BCUT2D eigenvalue weighted by atomic mass is 9.72. The molecule has 0 saturated heterocycles. The molecule has 126 valence electrons. The zero-order valence-electron chi connectivity index (χ0n) is 14.1. The number of hydrazone groups is 1. The summed E-state index contributed by atoms with van der Waals surface area (Å²) in [7, 11) is 0. The van der Waals surface area contributed by atoms with E-state index in [0.29, 0.717) is 11.2 Å². The van der Waals surface area contributed by atoms with Gasteiger partial charge < -0.3 is 4.74 Å². The first-order valence-corrected chi connectivity index (χ1v) is 8.86. The molecule has 1 fully saturated rings. The molecular formula is C18H25BrN2O2. The Hall–Kier alpha value is -1.36. The van der Waals surface area contributed by atoms with Crippen molar-refractivity contribution in [3.05, 3.63) is 28.7 Å². The average Bonchev–Trinajstić information content (AvgIpc) is 2.50.